The van der Waals surface area contributed by atoms with Gasteiger partial charge in [0.15, 0.2) is 6.61 Å². The van der Waals surface area contributed by atoms with Gasteiger partial charge in [0.2, 0.25) is 11.8 Å². The van der Waals surface area contributed by atoms with Crippen LogP contribution in [0, 0.1) is 5.92 Å². The molecule has 0 radical (unpaired) electrons. The van der Waals surface area contributed by atoms with Crippen molar-refractivity contribution in [3.8, 4) is 11.5 Å². The Morgan fingerprint density at radius 1 is 1.19 bits per heavy atom. The third kappa shape index (κ3) is 5.81. The first-order chi connectivity index (χ1) is 14.7. The van der Waals surface area contributed by atoms with Gasteiger partial charge in [0, 0.05) is 18.0 Å². The summed E-state index contributed by atoms with van der Waals surface area (Å²) in [6.45, 7) is 0.830. The average molecular weight is 457 g/mol. The number of anilines is 2. The predicted octanol–water partition coefficient (Wildman–Crippen LogP) is 4.67. The van der Waals surface area contributed by atoms with Crippen molar-refractivity contribution in [1.29, 1.82) is 0 Å². The summed E-state index contributed by atoms with van der Waals surface area (Å²) in [5.41, 5.74) is 0.559. The summed E-state index contributed by atoms with van der Waals surface area (Å²) in [6, 6.07) is 10.9. The lowest BCUT2D eigenvalue weighted by Crippen LogP contribution is -2.28. The van der Waals surface area contributed by atoms with Gasteiger partial charge in [0.05, 0.1) is 23.9 Å². The minimum atomic E-state index is -4.53. The Morgan fingerprint density at radius 2 is 1.94 bits per heavy atom. The number of amides is 2. The maximum atomic E-state index is 12.8. The molecule has 3 rings (SSSR count). The number of rotatable bonds is 7. The zero-order valence-corrected chi connectivity index (χ0v) is 17.3. The van der Waals surface area contributed by atoms with Gasteiger partial charge in [0.1, 0.15) is 11.5 Å². The number of carbonyl (C=O) groups excluding carboxylic acids is 2. The molecule has 0 bridgehead atoms. The first kappa shape index (κ1) is 22.7. The zero-order valence-electron chi connectivity index (χ0n) is 16.5. The number of nitrogens with one attached hydrogen (secondary N) is 1. The molecule has 1 heterocycles. The molecule has 0 aliphatic carbocycles. The van der Waals surface area contributed by atoms with Gasteiger partial charge in [-0.3, -0.25) is 9.59 Å². The van der Waals surface area contributed by atoms with Crippen LogP contribution in [0.1, 0.15) is 13.3 Å². The fourth-order valence-corrected chi connectivity index (χ4v) is 3.37. The fraction of sp³-hybridized carbons (Fsp3) is 0.333. The Bertz CT molecular complexity index is 968. The van der Waals surface area contributed by atoms with Crippen LogP contribution in [0.15, 0.2) is 42.5 Å². The molecule has 1 unspecified atom stereocenters. The normalized spacial score (nSPS) is 16.4. The van der Waals surface area contributed by atoms with E-state index in [1.54, 1.807) is 24.3 Å². The van der Waals surface area contributed by atoms with Crippen LogP contribution in [0.2, 0.25) is 5.02 Å². The summed E-state index contributed by atoms with van der Waals surface area (Å²) in [5.74, 6) is -1.14. The molecular weight excluding hydrogens is 437 g/mol. The second-order valence-electron chi connectivity index (χ2n) is 6.84. The molecule has 1 atom stereocenters. The van der Waals surface area contributed by atoms with E-state index in [2.05, 4.69) is 5.32 Å². The highest BCUT2D eigenvalue weighted by atomic mass is 35.5. The predicted molar refractivity (Wildman–Crippen MR) is 110 cm³/mol. The fourth-order valence-electron chi connectivity index (χ4n) is 3.19. The average Bonchev–Trinajstić information content (AvgIpc) is 3.09. The lowest BCUT2D eigenvalue weighted by Gasteiger charge is -2.20. The van der Waals surface area contributed by atoms with E-state index >= 15 is 0 Å². The molecular formula is C21H20ClF3N2O4. The maximum Gasteiger partial charge on any atom is 0.422 e. The summed E-state index contributed by atoms with van der Waals surface area (Å²) in [6.07, 6.45) is -4.58. The molecule has 0 aromatic heterocycles. The van der Waals surface area contributed by atoms with Crippen molar-refractivity contribution in [1.82, 2.24) is 0 Å². The largest absolute Gasteiger partial charge is 0.492 e. The van der Waals surface area contributed by atoms with Crippen molar-refractivity contribution in [3.05, 3.63) is 47.5 Å². The summed E-state index contributed by atoms with van der Waals surface area (Å²) in [7, 11) is 0. The molecule has 0 spiro atoms. The Labute approximate surface area is 181 Å². The molecule has 10 heteroatoms. The number of carbonyl (C=O) groups is 2. The monoisotopic (exact) mass is 456 g/mol. The van der Waals surface area contributed by atoms with Gasteiger partial charge < -0.3 is 19.7 Å². The molecule has 0 saturated carbocycles. The van der Waals surface area contributed by atoms with E-state index in [1.165, 1.54) is 23.1 Å². The lowest BCUT2D eigenvalue weighted by atomic mass is 10.1. The Balaban J connectivity index is 1.74. The van der Waals surface area contributed by atoms with E-state index in [0.29, 0.717) is 18.0 Å². The van der Waals surface area contributed by atoms with Crippen molar-refractivity contribution in [2.75, 3.05) is 30.0 Å². The highest BCUT2D eigenvalue weighted by molar-refractivity contribution is 6.31. The third-order valence-electron chi connectivity index (χ3n) is 4.54. The number of hydrogen-bond donors (Lipinski definition) is 1. The summed E-state index contributed by atoms with van der Waals surface area (Å²) in [5, 5.41) is 2.75. The van der Waals surface area contributed by atoms with Gasteiger partial charge in [-0.1, -0.05) is 23.7 Å². The third-order valence-corrected chi connectivity index (χ3v) is 4.78. The first-order valence-corrected chi connectivity index (χ1v) is 9.88. The number of alkyl halides is 3. The van der Waals surface area contributed by atoms with Crippen LogP contribution in [-0.2, 0) is 9.59 Å². The molecule has 1 N–H and O–H groups in total. The molecule has 2 aromatic rings. The SMILES string of the molecule is CCOc1ccccc1N1CC(C(=O)Nc2cc(Cl)ccc2OCC(F)(F)F)CC1=O. The number of hydrogen-bond acceptors (Lipinski definition) is 4. The van der Waals surface area contributed by atoms with E-state index in [9.17, 15) is 22.8 Å². The summed E-state index contributed by atoms with van der Waals surface area (Å²) in [4.78, 5) is 26.8. The lowest BCUT2D eigenvalue weighted by molar-refractivity contribution is -0.153. The standard InChI is InChI=1S/C21H20ClF3N2O4/c1-2-30-18-6-4-3-5-16(18)27-11-13(9-19(27)28)20(29)26-15-10-14(22)7-8-17(15)31-12-21(23,24)25/h3-8,10,13H,2,9,11-12H2,1H3,(H,26,29). The number of benzene rings is 2. The number of para-hydroxylation sites is 2. The van der Waals surface area contributed by atoms with Crippen LogP contribution in [0.5, 0.6) is 11.5 Å². The van der Waals surface area contributed by atoms with Crippen LogP contribution in [0.4, 0.5) is 24.5 Å². The van der Waals surface area contributed by atoms with Gasteiger partial charge >= 0.3 is 6.18 Å². The van der Waals surface area contributed by atoms with Gasteiger partial charge in [-0.15, -0.1) is 0 Å². The zero-order chi connectivity index (χ0) is 22.6. The Kier molecular flexibility index (Phi) is 6.94. The first-order valence-electron chi connectivity index (χ1n) is 9.50. The summed E-state index contributed by atoms with van der Waals surface area (Å²) < 4.78 is 47.8. The molecule has 1 aliphatic rings. The molecule has 1 fully saturated rings. The van der Waals surface area contributed by atoms with Crippen molar-refractivity contribution < 1.29 is 32.2 Å². The van der Waals surface area contributed by atoms with E-state index in [1.807, 2.05) is 6.92 Å². The molecule has 6 nitrogen and oxygen atoms in total. The molecule has 1 aliphatic heterocycles. The van der Waals surface area contributed by atoms with E-state index in [0.717, 1.165) is 0 Å². The van der Waals surface area contributed by atoms with Gasteiger partial charge in [-0.05, 0) is 37.3 Å². The van der Waals surface area contributed by atoms with E-state index in [4.69, 9.17) is 21.1 Å². The van der Waals surface area contributed by atoms with Crippen LogP contribution < -0.4 is 19.7 Å². The second kappa shape index (κ2) is 9.47. The topological polar surface area (TPSA) is 67.9 Å². The second-order valence-corrected chi connectivity index (χ2v) is 7.28. The van der Waals surface area contributed by atoms with Gasteiger partial charge in [-0.25, -0.2) is 0 Å². The molecule has 1 saturated heterocycles. The minimum Gasteiger partial charge on any atom is -0.492 e. The van der Waals surface area contributed by atoms with Crippen molar-refractivity contribution >= 4 is 34.8 Å². The molecule has 2 aromatic carbocycles. The van der Waals surface area contributed by atoms with Crippen LogP contribution in [0.3, 0.4) is 0 Å². The van der Waals surface area contributed by atoms with E-state index < -0.39 is 24.6 Å². The van der Waals surface area contributed by atoms with Gasteiger partial charge in [0.25, 0.3) is 0 Å². The Morgan fingerprint density at radius 3 is 2.65 bits per heavy atom. The van der Waals surface area contributed by atoms with Crippen molar-refractivity contribution in [2.45, 2.75) is 19.5 Å². The molecule has 31 heavy (non-hydrogen) atoms. The van der Waals surface area contributed by atoms with Crippen LogP contribution in [0.25, 0.3) is 0 Å². The van der Waals surface area contributed by atoms with Crippen molar-refractivity contribution in [2.24, 2.45) is 5.92 Å². The van der Waals surface area contributed by atoms with Gasteiger partial charge in [-0.2, -0.15) is 13.2 Å². The molecule has 2 amide bonds. The van der Waals surface area contributed by atoms with E-state index in [-0.39, 0.29) is 35.3 Å². The van der Waals surface area contributed by atoms with Crippen LogP contribution >= 0.6 is 11.6 Å². The highest BCUT2D eigenvalue weighted by Crippen LogP contribution is 2.35. The highest BCUT2D eigenvalue weighted by Gasteiger charge is 2.36. The number of halogens is 4. The number of nitrogens with zero attached hydrogens (tertiary/aromatic N) is 1. The molecule has 166 valence electrons. The Hall–Kier alpha value is -2.94. The quantitative estimate of drug-likeness (QED) is 0.657. The van der Waals surface area contributed by atoms with Crippen molar-refractivity contribution in [3.63, 3.8) is 0 Å². The smallest absolute Gasteiger partial charge is 0.422 e. The summed E-state index contributed by atoms with van der Waals surface area (Å²) >= 11 is 5.92. The van der Waals surface area contributed by atoms with Crippen LogP contribution in [-0.4, -0.2) is 37.7 Å². The maximum absolute atomic E-state index is 12.8. The number of ether oxygens (including phenoxy) is 2. The minimum absolute atomic E-state index is 0.00219.